The Balaban J connectivity index is 2.04. The van der Waals surface area contributed by atoms with E-state index in [9.17, 15) is 13.6 Å². The molecule has 0 aliphatic heterocycles. The molecule has 2 aromatic rings. The van der Waals surface area contributed by atoms with Gasteiger partial charge < -0.3 is 15.4 Å². The number of hydrogen-bond acceptors (Lipinski definition) is 5. The monoisotopic (exact) mass is 308 g/mol. The SMILES string of the molecule is COCCNc1ncc(C(=O)Nc2c(F)cccc2F)cn1. The van der Waals surface area contributed by atoms with Gasteiger partial charge in [0, 0.05) is 26.0 Å². The van der Waals surface area contributed by atoms with Crippen molar-refractivity contribution in [3.63, 3.8) is 0 Å². The van der Waals surface area contributed by atoms with E-state index in [1.807, 2.05) is 0 Å². The van der Waals surface area contributed by atoms with E-state index in [0.29, 0.717) is 19.1 Å². The standard InChI is InChI=1S/C14H14F2N4O2/c1-22-6-5-17-14-18-7-9(8-19-14)13(21)20-12-10(15)3-2-4-11(12)16/h2-4,7-8H,5-6H2,1H3,(H,20,21)(H,17,18,19). The van der Waals surface area contributed by atoms with Crippen LogP contribution in [0.1, 0.15) is 10.4 Å². The number of nitrogens with zero attached hydrogens (tertiary/aromatic N) is 2. The molecular weight excluding hydrogens is 294 g/mol. The van der Waals surface area contributed by atoms with Gasteiger partial charge in [-0.05, 0) is 12.1 Å². The van der Waals surface area contributed by atoms with Crippen LogP contribution in [0.25, 0.3) is 0 Å². The minimum Gasteiger partial charge on any atom is -0.383 e. The smallest absolute Gasteiger partial charge is 0.258 e. The fraction of sp³-hybridized carbons (Fsp3) is 0.214. The summed E-state index contributed by atoms with van der Waals surface area (Å²) in [6.07, 6.45) is 2.52. The zero-order chi connectivity index (χ0) is 15.9. The van der Waals surface area contributed by atoms with Gasteiger partial charge in [-0.3, -0.25) is 4.79 Å². The van der Waals surface area contributed by atoms with Gasteiger partial charge in [-0.2, -0.15) is 0 Å². The summed E-state index contributed by atoms with van der Waals surface area (Å²) in [4.78, 5) is 19.8. The summed E-state index contributed by atoms with van der Waals surface area (Å²) < 4.78 is 31.8. The highest BCUT2D eigenvalue weighted by atomic mass is 19.1. The summed E-state index contributed by atoms with van der Waals surface area (Å²) >= 11 is 0. The number of ether oxygens (including phenoxy) is 1. The molecular formula is C14H14F2N4O2. The molecule has 2 rings (SSSR count). The average molecular weight is 308 g/mol. The Hall–Kier alpha value is -2.61. The predicted molar refractivity (Wildman–Crippen MR) is 76.7 cm³/mol. The molecule has 8 heteroatoms. The first kappa shape index (κ1) is 15.8. The third-order valence-electron chi connectivity index (χ3n) is 2.70. The van der Waals surface area contributed by atoms with E-state index >= 15 is 0 Å². The van der Waals surface area contributed by atoms with E-state index in [1.54, 1.807) is 7.11 Å². The molecule has 2 N–H and O–H groups in total. The average Bonchev–Trinajstić information content (AvgIpc) is 2.52. The number of nitrogens with one attached hydrogen (secondary N) is 2. The topological polar surface area (TPSA) is 76.1 Å². The van der Waals surface area contributed by atoms with Gasteiger partial charge in [0.25, 0.3) is 5.91 Å². The zero-order valence-electron chi connectivity index (χ0n) is 11.8. The highest BCUT2D eigenvalue weighted by Crippen LogP contribution is 2.18. The molecule has 0 saturated carbocycles. The van der Waals surface area contributed by atoms with Gasteiger partial charge in [-0.15, -0.1) is 0 Å². The van der Waals surface area contributed by atoms with E-state index in [1.165, 1.54) is 18.5 Å². The minimum atomic E-state index is -0.855. The molecule has 0 atom stereocenters. The van der Waals surface area contributed by atoms with Crippen molar-refractivity contribution in [3.05, 3.63) is 47.8 Å². The Morgan fingerprint density at radius 2 is 1.86 bits per heavy atom. The molecule has 116 valence electrons. The molecule has 0 radical (unpaired) electrons. The lowest BCUT2D eigenvalue weighted by molar-refractivity contribution is 0.102. The normalized spacial score (nSPS) is 10.3. The van der Waals surface area contributed by atoms with Crippen molar-refractivity contribution in [3.8, 4) is 0 Å². The van der Waals surface area contributed by atoms with Gasteiger partial charge in [0.05, 0.1) is 12.2 Å². The summed E-state index contributed by atoms with van der Waals surface area (Å²) in [7, 11) is 1.57. The fourth-order valence-corrected chi connectivity index (χ4v) is 1.60. The van der Waals surface area contributed by atoms with Crippen molar-refractivity contribution in [1.29, 1.82) is 0 Å². The second-order valence-electron chi connectivity index (χ2n) is 4.27. The minimum absolute atomic E-state index is 0.0833. The molecule has 0 aliphatic carbocycles. The third kappa shape index (κ3) is 3.95. The fourth-order valence-electron chi connectivity index (χ4n) is 1.60. The van der Waals surface area contributed by atoms with Gasteiger partial charge in [0.1, 0.15) is 17.3 Å². The number of carbonyl (C=O) groups is 1. The van der Waals surface area contributed by atoms with Crippen molar-refractivity contribution in [2.24, 2.45) is 0 Å². The van der Waals surface area contributed by atoms with Crippen LogP contribution in [0.3, 0.4) is 0 Å². The molecule has 22 heavy (non-hydrogen) atoms. The van der Waals surface area contributed by atoms with Gasteiger partial charge in [0.15, 0.2) is 0 Å². The number of para-hydroxylation sites is 1. The van der Waals surface area contributed by atoms with Crippen molar-refractivity contribution in [2.75, 3.05) is 30.9 Å². The maximum Gasteiger partial charge on any atom is 0.258 e. The Kier molecular flexibility index (Phi) is 5.31. The lowest BCUT2D eigenvalue weighted by atomic mass is 10.2. The maximum atomic E-state index is 13.5. The molecule has 1 heterocycles. The Labute approximate surface area is 125 Å². The van der Waals surface area contributed by atoms with Crippen molar-refractivity contribution >= 4 is 17.5 Å². The molecule has 0 unspecified atom stereocenters. The van der Waals surface area contributed by atoms with Crippen molar-refractivity contribution in [1.82, 2.24) is 9.97 Å². The number of aromatic nitrogens is 2. The van der Waals surface area contributed by atoms with Crippen molar-refractivity contribution in [2.45, 2.75) is 0 Å². The van der Waals surface area contributed by atoms with Crippen LogP contribution < -0.4 is 10.6 Å². The highest BCUT2D eigenvalue weighted by molar-refractivity contribution is 6.04. The first-order valence-corrected chi connectivity index (χ1v) is 6.42. The van der Waals surface area contributed by atoms with Crippen LogP contribution in [0.5, 0.6) is 0 Å². The lowest BCUT2D eigenvalue weighted by Gasteiger charge is -2.08. The summed E-state index contributed by atoms with van der Waals surface area (Å²) in [6.45, 7) is 1.00. The highest BCUT2D eigenvalue weighted by Gasteiger charge is 2.14. The molecule has 1 aromatic carbocycles. The van der Waals surface area contributed by atoms with Crippen LogP contribution in [0.4, 0.5) is 20.4 Å². The van der Waals surface area contributed by atoms with Crippen LogP contribution in [-0.4, -0.2) is 36.1 Å². The Morgan fingerprint density at radius 1 is 1.23 bits per heavy atom. The summed E-state index contributed by atoms with van der Waals surface area (Å²) in [5.74, 6) is -2.09. The van der Waals surface area contributed by atoms with Gasteiger partial charge >= 0.3 is 0 Å². The predicted octanol–water partition coefficient (Wildman–Crippen LogP) is 2.07. The Morgan fingerprint density at radius 3 is 2.45 bits per heavy atom. The number of anilines is 2. The van der Waals surface area contributed by atoms with E-state index < -0.39 is 23.2 Å². The molecule has 0 saturated heterocycles. The van der Waals surface area contributed by atoms with Crippen LogP contribution in [0.15, 0.2) is 30.6 Å². The Bertz CT molecular complexity index is 630. The first-order chi connectivity index (χ1) is 10.6. The van der Waals surface area contributed by atoms with Crippen LogP contribution in [-0.2, 0) is 4.74 Å². The second-order valence-corrected chi connectivity index (χ2v) is 4.27. The largest absolute Gasteiger partial charge is 0.383 e. The molecule has 0 bridgehead atoms. The number of rotatable bonds is 6. The maximum absolute atomic E-state index is 13.5. The zero-order valence-corrected chi connectivity index (χ0v) is 11.8. The van der Waals surface area contributed by atoms with E-state index in [-0.39, 0.29) is 5.56 Å². The van der Waals surface area contributed by atoms with Crippen LogP contribution in [0.2, 0.25) is 0 Å². The molecule has 0 fully saturated rings. The van der Waals surface area contributed by atoms with Gasteiger partial charge in [-0.1, -0.05) is 6.07 Å². The lowest BCUT2D eigenvalue weighted by Crippen LogP contribution is -2.16. The number of methoxy groups -OCH3 is 1. The number of carbonyl (C=O) groups excluding carboxylic acids is 1. The van der Waals surface area contributed by atoms with E-state index in [0.717, 1.165) is 12.1 Å². The van der Waals surface area contributed by atoms with E-state index in [2.05, 4.69) is 20.6 Å². The van der Waals surface area contributed by atoms with Gasteiger partial charge in [-0.25, -0.2) is 18.7 Å². The molecule has 0 spiro atoms. The molecule has 1 amide bonds. The van der Waals surface area contributed by atoms with Crippen LogP contribution in [0, 0.1) is 11.6 Å². The number of hydrogen-bond donors (Lipinski definition) is 2. The number of benzene rings is 1. The van der Waals surface area contributed by atoms with Crippen LogP contribution >= 0.6 is 0 Å². The quantitative estimate of drug-likeness (QED) is 0.799. The van der Waals surface area contributed by atoms with Gasteiger partial charge in [0.2, 0.25) is 5.95 Å². The molecule has 1 aromatic heterocycles. The number of amides is 1. The van der Waals surface area contributed by atoms with E-state index in [4.69, 9.17) is 4.74 Å². The summed E-state index contributed by atoms with van der Waals surface area (Å²) in [5.41, 5.74) is -0.422. The molecule has 6 nitrogen and oxygen atoms in total. The summed E-state index contributed by atoms with van der Waals surface area (Å²) in [5, 5.41) is 5.04. The third-order valence-corrected chi connectivity index (χ3v) is 2.70. The first-order valence-electron chi connectivity index (χ1n) is 6.42. The second kappa shape index (κ2) is 7.41. The van der Waals surface area contributed by atoms with Crippen molar-refractivity contribution < 1.29 is 18.3 Å². The summed E-state index contributed by atoms with van der Waals surface area (Å²) in [6, 6.07) is 3.32. The molecule has 0 aliphatic rings. The number of halogens is 2.